The van der Waals surface area contributed by atoms with Gasteiger partial charge in [0.25, 0.3) is 0 Å². The van der Waals surface area contributed by atoms with E-state index in [1.165, 1.54) is 13.5 Å². The van der Waals surface area contributed by atoms with Crippen LogP contribution in [0.3, 0.4) is 0 Å². The molecule has 3 heterocycles. The molecular weight excluding hydrogens is 348 g/mol. The second-order valence-corrected chi connectivity index (χ2v) is 7.68. The fourth-order valence-corrected chi connectivity index (χ4v) is 4.48. The Kier molecular flexibility index (Phi) is 4.99. The van der Waals surface area contributed by atoms with Gasteiger partial charge in [-0.1, -0.05) is 6.42 Å². The lowest BCUT2D eigenvalue weighted by Crippen LogP contribution is -2.36. The van der Waals surface area contributed by atoms with Crippen molar-refractivity contribution in [1.29, 1.82) is 0 Å². The van der Waals surface area contributed by atoms with Crippen LogP contribution in [0.1, 0.15) is 56.7 Å². The highest BCUT2D eigenvalue weighted by Gasteiger charge is 2.46. The highest BCUT2D eigenvalue weighted by molar-refractivity contribution is 5.89. The van der Waals surface area contributed by atoms with Crippen molar-refractivity contribution in [2.45, 2.75) is 56.6 Å². The SMILES string of the molecule is COCC(=O)N1CCCC1c1cnc(N2CC3(CCCCC3)OC2=O)cn1. The van der Waals surface area contributed by atoms with Gasteiger partial charge in [0.1, 0.15) is 12.2 Å². The maximum absolute atomic E-state index is 12.4. The molecular formula is C19H26N4O4. The first kappa shape index (κ1) is 18.2. The smallest absolute Gasteiger partial charge is 0.416 e. The lowest BCUT2D eigenvalue weighted by molar-refractivity contribution is -0.136. The number of rotatable bonds is 4. The summed E-state index contributed by atoms with van der Waals surface area (Å²) < 4.78 is 10.7. The molecule has 0 radical (unpaired) electrons. The van der Waals surface area contributed by atoms with Crippen LogP contribution in [0.5, 0.6) is 0 Å². The molecule has 2 aliphatic heterocycles. The first-order valence-electron chi connectivity index (χ1n) is 9.73. The molecule has 3 aliphatic rings. The van der Waals surface area contributed by atoms with Gasteiger partial charge in [-0.25, -0.2) is 9.78 Å². The van der Waals surface area contributed by atoms with Crippen LogP contribution in [0.4, 0.5) is 10.6 Å². The molecule has 8 heteroatoms. The van der Waals surface area contributed by atoms with Crippen molar-refractivity contribution in [2.24, 2.45) is 0 Å². The van der Waals surface area contributed by atoms with Crippen molar-refractivity contribution in [2.75, 3.05) is 31.7 Å². The zero-order valence-electron chi connectivity index (χ0n) is 15.7. The molecule has 1 aliphatic carbocycles. The van der Waals surface area contributed by atoms with Gasteiger partial charge < -0.3 is 14.4 Å². The van der Waals surface area contributed by atoms with E-state index in [0.717, 1.165) is 44.2 Å². The summed E-state index contributed by atoms with van der Waals surface area (Å²) in [4.78, 5) is 36.9. The summed E-state index contributed by atoms with van der Waals surface area (Å²) >= 11 is 0. The zero-order chi connectivity index (χ0) is 18.9. The van der Waals surface area contributed by atoms with Gasteiger partial charge in [-0.3, -0.25) is 14.7 Å². The predicted octanol–water partition coefficient (Wildman–Crippen LogP) is 2.45. The number of hydrogen-bond donors (Lipinski definition) is 0. The van der Waals surface area contributed by atoms with Crippen molar-refractivity contribution >= 4 is 17.8 Å². The molecule has 1 aromatic heterocycles. The number of anilines is 1. The van der Waals surface area contributed by atoms with Crippen LogP contribution in [0.2, 0.25) is 0 Å². The minimum Gasteiger partial charge on any atom is -0.441 e. The third-order valence-corrected chi connectivity index (χ3v) is 5.85. The number of carbonyl (C=O) groups excluding carboxylic acids is 2. The van der Waals surface area contributed by atoms with Gasteiger partial charge in [0.05, 0.1) is 30.7 Å². The van der Waals surface area contributed by atoms with Gasteiger partial charge in [-0.15, -0.1) is 0 Å². The van der Waals surface area contributed by atoms with Crippen LogP contribution in [0, 0.1) is 0 Å². The molecule has 1 atom stereocenters. The van der Waals surface area contributed by atoms with Crippen LogP contribution in [-0.4, -0.2) is 59.3 Å². The van der Waals surface area contributed by atoms with Gasteiger partial charge in [0.15, 0.2) is 5.82 Å². The summed E-state index contributed by atoms with van der Waals surface area (Å²) in [6, 6.07) is -0.0792. The zero-order valence-corrected chi connectivity index (χ0v) is 15.7. The van der Waals surface area contributed by atoms with Gasteiger partial charge >= 0.3 is 6.09 Å². The van der Waals surface area contributed by atoms with Crippen LogP contribution in [0.25, 0.3) is 0 Å². The Morgan fingerprint density at radius 3 is 2.78 bits per heavy atom. The average Bonchev–Trinajstić information content (AvgIpc) is 3.28. The summed E-state index contributed by atoms with van der Waals surface area (Å²) in [6.45, 7) is 1.32. The van der Waals surface area contributed by atoms with Crippen molar-refractivity contribution in [3.05, 3.63) is 18.1 Å². The fourth-order valence-electron chi connectivity index (χ4n) is 4.48. The standard InChI is InChI=1S/C19H26N4O4/c1-26-12-17(24)22-9-5-6-15(22)14-10-21-16(11-20-14)23-13-19(27-18(23)25)7-3-2-4-8-19/h10-11,15H,2-9,12-13H2,1H3. The largest absolute Gasteiger partial charge is 0.441 e. The molecule has 27 heavy (non-hydrogen) atoms. The van der Waals surface area contributed by atoms with E-state index in [1.54, 1.807) is 22.2 Å². The van der Waals surface area contributed by atoms with Gasteiger partial charge in [-0.05, 0) is 38.5 Å². The number of amides is 2. The Bertz CT molecular complexity index is 702. The topological polar surface area (TPSA) is 84.9 Å². The number of ether oxygens (including phenoxy) is 2. The Labute approximate surface area is 158 Å². The lowest BCUT2D eigenvalue weighted by atomic mass is 9.85. The molecule has 2 saturated heterocycles. The van der Waals surface area contributed by atoms with Gasteiger partial charge in [0.2, 0.25) is 5.91 Å². The molecule has 1 aromatic rings. The third-order valence-electron chi connectivity index (χ3n) is 5.85. The normalized spacial score (nSPS) is 24.5. The Morgan fingerprint density at radius 1 is 1.26 bits per heavy atom. The Morgan fingerprint density at radius 2 is 2.07 bits per heavy atom. The molecule has 0 aromatic carbocycles. The summed E-state index contributed by atoms with van der Waals surface area (Å²) in [6.07, 6.45) is 9.98. The average molecular weight is 374 g/mol. The minimum atomic E-state index is -0.357. The Balaban J connectivity index is 1.47. The highest BCUT2D eigenvalue weighted by atomic mass is 16.6. The van der Waals surface area contributed by atoms with Crippen molar-refractivity contribution < 1.29 is 19.1 Å². The van der Waals surface area contributed by atoms with Gasteiger partial charge in [-0.2, -0.15) is 0 Å². The molecule has 1 unspecified atom stereocenters. The van der Waals surface area contributed by atoms with E-state index in [0.29, 0.717) is 18.9 Å². The summed E-state index contributed by atoms with van der Waals surface area (Å²) in [5.41, 5.74) is 0.394. The van der Waals surface area contributed by atoms with E-state index in [-0.39, 0.29) is 30.3 Å². The molecule has 8 nitrogen and oxygen atoms in total. The van der Waals surface area contributed by atoms with Crippen LogP contribution in [-0.2, 0) is 14.3 Å². The van der Waals surface area contributed by atoms with E-state index in [4.69, 9.17) is 9.47 Å². The number of carbonyl (C=O) groups is 2. The minimum absolute atomic E-state index is 0.0340. The van der Waals surface area contributed by atoms with Crippen molar-refractivity contribution in [3.63, 3.8) is 0 Å². The Hall–Kier alpha value is -2.22. The highest BCUT2D eigenvalue weighted by Crippen LogP contribution is 2.38. The second kappa shape index (κ2) is 7.42. The summed E-state index contributed by atoms with van der Waals surface area (Å²) in [7, 11) is 1.52. The molecule has 4 rings (SSSR count). The maximum atomic E-state index is 12.4. The summed E-state index contributed by atoms with van der Waals surface area (Å²) in [5.74, 6) is 0.479. The lowest BCUT2D eigenvalue weighted by Gasteiger charge is -2.30. The molecule has 146 valence electrons. The number of methoxy groups -OCH3 is 1. The number of likely N-dealkylation sites (tertiary alicyclic amines) is 1. The first-order valence-corrected chi connectivity index (χ1v) is 9.73. The third kappa shape index (κ3) is 3.50. The van der Waals surface area contributed by atoms with E-state index in [1.807, 2.05) is 0 Å². The molecule has 0 N–H and O–H groups in total. The van der Waals surface area contributed by atoms with Crippen LogP contribution < -0.4 is 4.90 Å². The molecule has 1 spiro atoms. The maximum Gasteiger partial charge on any atom is 0.416 e. The summed E-state index contributed by atoms with van der Waals surface area (Å²) in [5, 5.41) is 0. The van der Waals surface area contributed by atoms with Crippen LogP contribution >= 0.6 is 0 Å². The van der Waals surface area contributed by atoms with E-state index in [2.05, 4.69) is 9.97 Å². The molecule has 1 saturated carbocycles. The molecule has 0 bridgehead atoms. The number of hydrogen-bond acceptors (Lipinski definition) is 6. The molecule has 3 fully saturated rings. The first-order chi connectivity index (χ1) is 13.1. The second-order valence-electron chi connectivity index (χ2n) is 7.68. The predicted molar refractivity (Wildman–Crippen MR) is 97.2 cm³/mol. The quantitative estimate of drug-likeness (QED) is 0.805. The van der Waals surface area contributed by atoms with Gasteiger partial charge in [0, 0.05) is 13.7 Å². The monoisotopic (exact) mass is 374 g/mol. The van der Waals surface area contributed by atoms with E-state index < -0.39 is 0 Å². The van der Waals surface area contributed by atoms with E-state index in [9.17, 15) is 9.59 Å². The van der Waals surface area contributed by atoms with E-state index >= 15 is 0 Å². The number of aromatic nitrogens is 2. The van der Waals surface area contributed by atoms with Crippen molar-refractivity contribution in [1.82, 2.24) is 14.9 Å². The molecule has 2 amide bonds. The number of nitrogens with zero attached hydrogens (tertiary/aromatic N) is 4. The fraction of sp³-hybridized carbons (Fsp3) is 0.684. The van der Waals surface area contributed by atoms with Crippen LogP contribution in [0.15, 0.2) is 12.4 Å². The van der Waals surface area contributed by atoms with Crippen molar-refractivity contribution in [3.8, 4) is 0 Å².